The van der Waals surface area contributed by atoms with Crippen molar-refractivity contribution in [3.05, 3.63) is 59.5 Å². The number of fused-ring (bicyclic) bond motifs is 2. The molecule has 172 valence electrons. The minimum Gasteiger partial charge on any atom is -0.396 e. The van der Waals surface area contributed by atoms with Gasteiger partial charge in [-0.1, -0.05) is 37.3 Å². The molecule has 2 bridgehead atoms. The van der Waals surface area contributed by atoms with Crippen LogP contribution in [0.25, 0.3) is 5.65 Å². The number of hydrogen-bond donors (Lipinski definition) is 2. The number of aromatic nitrogens is 3. The third-order valence-corrected chi connectivity index (χ3v) is 8.20. The molecule has 1 aliphatic carbocycles. The first-order chi connectivity index (χ1) is 15.8. The molecule has 8 heteroatoms. The molecule has 0 spiro atoms. The molecule has 33 heavy (non-hydrogen) atoms. The van der Waals surface area contributed by atoms with Crippen molar-refractivity contribution in [2.45, 2.75) is 37.7 Å². The summed E-state index contributed by atoms with van der Waals surface area (Å²) in [5, 5.41) is 14.6. The third kappa shape index (κ3) is 2.74. The molecule has 0 radical (unpaired) electrons. The molecular weight excluding hydrogens is 418 g/mol. The molecule has 3 N–H and O–H groups in total. The fourth-order valence-electron chi connectivity index (χ4n) is 6.37. The maximum Gasteiger partial charge on any atom is 0.224 e. The summed E-state index contributed by atoms with van der Waals surface area (Å²) in [6, 6.07) is 12.8. The van der Waals surface area contributed by atoms with E-state index >= 15 is 0 Å². The van der Waals surface area contributed by atoms with E-state index < -0.39 is 22.8 Å². The van der Waals surface area contributed by atoms with Crippen LogP contribution in [-0.4, -0.2) is 51.9 Å². The van der Waals surface area contributed by atoms with Crippen LogP contribution in [0.3, 0.4) is 0 Å². The van der Waals surface area contributed by atoms with Crippen LogP contribution in [0, 0.1) is 18.3 Å². The van der Waals surface area contributed by atoms with Crippen molar-refractivity contribution in [2.75, 3.05) is 31.2 Å². The summed E-state index contributed by atoms with van der Waals surface area (Å²) in [5.74, 6) is -0.609. The zero-order valence-electron chi connectivity index (χ0n) is 19.0. The Labute approximate surface area is 192 Å². The Balaban J connectivity index is 1.34. The highest BCUT2D eigenvalue weighted by molar-refractivity contribution is 5.81. The maximum absolute atomic E-state index is 12.2. The molecule has 3 saturated heterocycles. The van der Waals surface area contributed by atoms with E-state index in [4.69, 9.17) is 20.6 Å². The maximum atomic E-state index is 12.2. The third-order valence-electron chi connectivity index (χ3n) is 8.20. The summed E-state index contributed by atoms with van der Waals surface area (Å²) in [6.07, 6.45) is 3.60. The van der Waals surface area contributed by atoms with Gasteiger partial charge in [0.1, 0.15) is 5.60 Å². The number of aryl methyl sites for hydroxylation is 1. The summed E-state index contributed by atoms with van der Waals surface area (Å²) >= 11 is 0. The fourth-order valence-corrected chi connectivity index (χ4v) is 6.37. The van der Waals surface area contributed by atoms with Crippen LogP contribution in [0.5, 0.6) is 0 Å². The van der Waals surface area contributed by atoms with Crippen LogP contribution in [0.2, 0.25) is 0 Å². The van der Waals surface area contributed by atoms with Crippen molar-refractivity contribution in [1.29, 1.82) is 0 Å². The summed E-state index contributed by atoms with van der Waals surface area (Å²) in [7, 11) is 0. The van der Waals surface area contributed by atoms with Crippen molar-refractivity contribution in [2.24, 2.45) is 17.1 Å². The van der Waals surface area contributed by atoms with Gasteiger partial charge in [-0.3, -0.25) is 4.79 Å². The molecule has 3 aliphatic heterocycles. The first-order valence-electron chi connectivity index (χ1n) is 11.5. The smallest absolute Gasteiger partial charge is 0.224 e. The number of nitrogens with two attached hydrogens (primary N) is 1. The lowest BCUT2D eigenvalue weighted by Crippen LogP contribution is -2.60. The molecule has 3 aromatic rings. The SMILES string of the molecule is Cc1cc(N2CC[C@](C)(c3ccccc3)C2)cn2nc(C34CC(CO)(CO3)C4C(N)=O)nc12. The van der Waals surface area contributed by atoms with Gasteiger partial charge < -0.3 is 20.5 Å². The lowest BCUT2D eigenvalue weighted by atomic mass is 9.53. The van der Waals surface area contributed by atoms with Crippen molar-refractivity contribution < 1.29 is 14.6 Å². The lowest BCUT2D eigenvalue weighted by Gasteiger charge is -2.48. The highest BCUT2D eigenvalue weighted by Crippen LogP contribution is 2.66. The summed E-state index contributed by atoms with van der Waals surface area (Å²) in [6.45, 7) is 6.41. The molecule has 7 rings (SSSR count). The molecule has 2 aromatic heterocycles. The zero-order chi connectivity index (χ0) is 23.0. The van der Waals surface area contributed by atoms with Gasteiger partial charge >= 0.3 is 0 Å². The molecule has 4 atom stereocenters. The van der Waals surface area contributed by atoms with Crippen LogP contribution in [0.4, 0.5) is 5.69 Å². The number of pyridine rings is 1. The van der Waals surface area contributed by atoms with Crippen molar-refractivity contribution >= 4 is 17.2 Å². The van der Waals surface area contributed by atoms with E-state index in [1.54, 1.807) is 4.52 Å². The van der Waals surface area contributed by atoms with Gasteiger partial charge in [0.05, 0.1) is 31.0 Å². The molecule has 1 amide bonds. The van der Waals surface area contributed by atoms with E-state index in [-0.39, 0.29) is 12.0 Å². The van der Waals surface area contributed by atoms with Crippen molar-refractivity contribution in [3.8, 4) is 0 Å². The number of ether oxygens (including phenoxy) is 1. The number of nitrogens with zero attached hydrogens (tertiary/aromatic N) is 4. The van der Waals surface area contributed by atoms with Gasteiger partial charge in [-0.2, -0.15) is 0 Å². The molecule has 8 nitrogen and oxygen atoms in total. The predicted molar refractivity (Wildman–Crippen MR) is 123 cm³/mol. The Morgan fingerprint density at radius 1 is 1.33 bits per heavy atom. The number of amides is 1. The molecule has 3 unspecified atom stereocenters. The number of aliphatic hydroxyl groups excluding tert-OH is 1. The van der Waals surface area contributed by atoms with Gasteiger partial charge in [-0.15, -0.1) is 5.10 Å². The number of aliphatic hydroxyl groups is 1. The second-order valence-electron chi connectivity index (χ2n) is 10.4. The van der Waals surface area contributed by atoms with E-state index in [0.29, 0.717) is 18.9 Å². The van der Waals surface area contributed by atoms with E-state index in [1.807, 2.05) is 13.1 Å². The monoisotopic (exact) mass is 447 g/mol. The molecule has 1 saturated carbocycles. The number of carbonyl (C=O) groups excluding carboxylic acids is 1. The van der Waals surface area contributed by atoms with E-state index in [1.165, 1.54) is 5.56 Å². The lowest BCUT2D eigenvalue weighted by molar-refractivity contribution is -0.153. The second kappa shape index (κ2) is 6.77. The number of benzene rings is 1. The highest BCUT2D eigenvalue weighted by Gasteiger charge is 2.74. The van der Waals surface area contributed by atoms with E-state index in [9.17, 15) is 9.90 Å². The minimum atomic E-state index is -0.938. The first-order valence-corrected chi connectivity index (χ1v) is 11.5. The van der Waals surface area contributed by atoms with Gasteiger partial charge in [-0.25, -0.2) is 9.50 Å². The average Bonchev–Trinajstić information content (AvgIpc) is 3.54. The largest absolute Gasteiger partial charge is 0.396 e. The minimum absolute atomic E-state index is 0.0998. The van der Waals surface area contributed by atoms with Crippen LogP contribution >= 0.6 is 0 Å². The average molecular weight is 448 g/mol. The molecular formula is C25H29N5O3. The Hall–Kier alpha value is -2.97. The highest BCUT2D eigenvalue weighted by atomic mass is 16.5. The summed E-state index contributed by atoms with van der Waals surface area (Å²) in [4.78, 5) is 19.4. The second-order valence-corrected chi connectivity index (χ2v) is 10.4. The fraction of sp³-hybridized carbons (Fsp3) is 0.480. The Morgan fingerprint density at radius 2 is 2.12 bits per heavy atom. The first kappa shape index (κ1) is 20.6. The molecule has 4 fully saturated rings. The van der Waals surface area contributed by atoms with Crippen molar-refractivity contribution in [3.63, 3.8) is 0 Å². The topological polar surface area (TPSA) is 106 Å². The van der Waals surface area contributed by atoms with Crippen LogP contribution in [0.15, 0.2) is 42.6 Å². The van der Waals surface area contributed by atoms with Gasteiger partial charge in [-0.05, 0) is 37.0 Å². The number of carbonyl (C=O) groups is 1. The predicted octanol–water partition coefficient (Wildman–Crippen LogP) is 1.92. The van der Waals surface area contributed by atoms with Gasteiger partial charge in [0.25, 0.3) is 0 Å². The number of primary amides is 1. The normalized spacial score (nSPS) is 32.9. The van der Waals surface area contributed by atoms with Crippen LogP contribution in [-0.2, 0) is 20.5 Å². The molecule has 4 aliphatic rings. The van der Waals surface area contributed by atoms with Crippen molar-refractivity contribution in [1.82, 2.24) is 14.6 Å². The number of anilines is 1. The molecule has 5 heterocycles. The van der Waals surface area contributed by atoms with Crippen LogP contribution < -0.4 is 10.6 Å². The van der Waals surface area contributed by atoms with E-state index in [2.05, 4.69) is 48.2 Å². The van der Waals surface area contributed by atoms with Gasteiger partial charge in [0.2, 0.25) is 5.91 Å². The standard InChI is InChI=1S/C25H29N5O3/c1-16-10-18(29-9-8-23(2,13-29)17-6-4-3-5-7-17)11-30-21(16)27-22(28-30)25-12-24(14-31,15-33-25)19(25)20(26)32/h3-7,10-11,19,31H,8-9,12-15H2,1-2H3,(H2,26,32)/t19?,23-,24?,25?/m0/s1. The summed E-state index contributed by atoms with van der Waals surface area (Å²) in [5.41, 5.74) is 8.48. The van der Waals surface area contributed by atoms with Gasteiger partial charge in [0, 0.05) is 23.9 Å². The Bertz CT molecular complexity index is 1260. The van der Waals surface area contributed by atoms with Gasteiger partial charge in [0.15, 0.2) is 11.5 Å². The van der Waals surface area contributed by atoms with E-state index in [0.717, 1.165) is 36.4 Å². The quantitative estimate of drug-likeness (QED) is 0.619. The van der Waals surface area contributed by atoms with Crippen LogP contribution in [0.1, 0.15) is 36.7 Å². The number of rotatable bonds is 5. The number of hydrogen-bond acceptors (Lipinski definition) is 6. The zero-order valence-corrected chi connectivity index (χ0v) is 19.0. The Kier molecular flexibility index (Phi) is 4.23. The summed E-state index contributed by atoms with van der Waals surface area (Å²) < 4.78 is 7.83. The Morgan fingerprint density at radius 3 is 2.85 bits per heavy atom. The molecule has 1 aromatic carbocycles.